The van der Waals surface area contributed by atoms with Crippen LogP contribution in [0.3, 0.4) is 0 Å². The first-order valence-corrected chi connectivity index (χ1v) is 11.7. The van der Waals surface area contributed by atoms with Crippen LogP contribution in [0, 0.1) is 15.9 Å². The van der Waals surface area contributed by atoms with Gasteiger partial charge in [-0.25, -0.2) is 9.82 Å². The number of benzene rings is 3. The Kier molecular flexibility index (Phi) is 7.37. The molecule has 0 aliphatic rings. The second-order valence-electron chi connectivity index (χ2n) is 7.93. The lowest BCUT2D eigenvalue weighted by Gasteiger charge is -2.10. The Morgan fingerprint density at radius 3 is 2.21 bits per heavy atom. The number of furan rings is 1. The van der Waals surface area contributed by atoms with Crippen LogP contribution in [0.4, 0.5) is 39.3 Å². The van der Waals surface area contributed by atoms with E-state index < -0.39 is 10.7 Å². The fraction of sp³-hybridized carbons (Fsp3) is 0. The number of rotatable bonds is 9. The summed E-state index contributed by atoms with van der Waals surface area (Å²) in [7, 11) is 0. The number of para-hydroxylation sites is 1. The molecule has 3 N–H and O–H groups in total. The van der Waals surface area contributed by atoms with Gasteiger partial charge in [-0.05, 0) is 54.6 Å². The van der Waals surface area contributed by atoms with Crippen molar-refractivity contribution in [1.29, 1.82) is 0 Å². The van der Waals surface area contributed by atoms with Gasteiger partial charge in [0.05, 0.1) is 16.2 Å². The zero-order valence-corrected chi connectivity index (χ0v) is 20.6. The number of hydrogen-bond acceptors (Lipinski definition) is 10. The van der Waals surface area contributed by atoms with E-state index in [0.717, 1.165) is 5.69 Å². The van der Waals surface area contributed by atoms with Crippen LogP contribution < -0.4 is 16.1 Å². The number of nitrogens with zero attached hydrogens (tertiary/aromatic N) is 5. The van der Waals surface area contributed by atoms with Crippen molar-refractivity contribution in [3.8, 4) is 11.3 Å². The summed E-state index contributed by atoms with van der Waals surface area (Å²) in [5, 5.41) is 21.2. The van der Waals surface area contributed by atoms with Crippen LogP contribution in [0.15, 0.2) is 94.4 Å². The molecule has 0 fully saturated rings. The van der Waals surface area contributed by atoms with E-state index in [-0.39, 0.29) is 28.6 Å². The molecule has 0 aliphatic heterocycles. The van der Waals surface area contributed by atoms with Crippen LogP contribution in [0.1, 0.15) is 5.76 Å². The van der Waals surface area contributed by atoms with Crippen molar-refractivity contribution in [3.63, 3.8) is 0 Å². The minimum absolute atomic E-state index is 0.00586. The Balaban J connectivity index is 1.35. The predicted molar refractivity (Wildman–Crippen MR) is 146 cm³/mol. The summed E-state index contributed by atoms with van der Waals surface area (Å²) in [4.78, 5) is 23.5. The number of halogens is 2. The van der Waals surface area contributed by atoms with Crippen molar-refractivity contribution < 1.29 is 13.7 Å². The number of non-ortho nitro benzene ring substituents is 1. The molecule has 0 bridgehead atoms. The highest BCUT2D eigenvalue weighted by atomic mass is 35.5. The molecule has 13 heteroatoms. The normalized spacial score (nSPS) is 10.9. The van der Waals surface area contributed by atoms with E-state index in [4.69, 9.17) is 16.0 Å². The zero-order chi connectivity index (χ0) is 27.2. The molecule has 0 saturated heterocycles. The van der Waals surface area contributed by atoms with Crippen LogP contribution in [-0.2, 0) is 0 Å². The molecule has 0 amide bonds. The maximum atomic E-state index is 13.5. The van der Waals surface area contributed by atoms with Crippen LogP contribution in [-0.4, -0.2) is 26.1 Å². The average molecular weight is 545 g/mol. The summed E-state index contributed by atoms with van der Waals surface area (Å²) < 4.78 is 19.2. The van der Waals surface area contributed by atoms with Crippen LogP contribution in [0.25, 0.3) is 11.3 Å². The highest BCUT2D eigenvalue weighted by Crippen LogP contribution is 2.26. The van der Waals surface area contributed by atoms with Crippen molar-refractivity contribution in [3.05, 3.63) is 112 Å². The SMILES string of the molecule is O=[N+]([O-])c1ccc(Nc2nc(NN=Cc3ccc(-c4ccc(F)c(Cl)c4)o3)nc(Nc3ccccc3)n2)cc1. The molecule has 0 radical (unpaired) electrons. The van der Waals surface area contributed by atoms with Gasteiger partial charge in [0.15, 0.2) is 0 Å². The first-order valence-electron chi connectivity index (χ1n) is 11.4. The Hall–Kier alpha value is -5.36. The van der Waals surface area contributed by atoms with Gasteiger partial charge in [0.25, 0.3) is 5.69 Å². The Morgan fingerprint density at radius 1 is 0.872 bits per heavy atom. The first-order chi connectivity index (χ1) is 18.9. The van der Waals surface area contributed by atoms with Gasteiger partial charge in [-0.3, -0.25) is 10.1 Å². The molecule has 3 aromatic carbocycles. The minimum atomic E-state index is -0.515. The minimum Gasteiger partial charge on any atom is -0.455 e. The highest BCUT2D eigenvalue weighted by molar-refractivity contribution is 6.31. The van der Waals surface area contributed by atoms with Crippen molar-refractivity contribution in [1.82, 2.24) is 15.0 Å². The number of nitro groups is 1. The molecular weight excluding hydrogens is 527 g/mol. The van der Waals surface area contributed by atoms with Gasteiger partial charge in [-0.15, -0.1) is 0 Å². The highest BCUT2D eigenvalue weighted by Gasteiger charge is 2.10. The summed E-state index contributed by atoms with van der Waals surface area (Å²) in [6.07, 6.45) is 1.42. The van der Waals surface area contributed by atoms with Crippen molar-refractivity contribution in [2.45, 2.75) is 0 Å². The molecule has 2 aromatic heterocycles. The Bertz CT molecular complexity index is 1650. The third kappa shape index (κ3) is 6.50. The first kappa shape index (κ1) is 25.3. The molecule has 0 aliphatic carbocycles. The summed E-state index contributed by atoms with van der Waals surface area (Å²) in [6.45, 7) is 0. The van der Waals surface area contributed by atoms with Gasteiger partial charge in [-0.2, -0.15) is 20.1 Å². The van der Waals surface area contributed by atoms with E-state index in [9.17, 15) is 14.5 Å². The number of hydrazone groups is 1. The number of nitro benzene ring substituents is 1. The smallest absolute Gasteiger partial charge is 0.269 e. The molecule has 0 atom stereocenters. The summed E-state index contributed by atoms with van der Waals surface area (Å²) in [5.41, 5.74) is 4.61. The van der Waals surface area contributed by atoms with E-state index in [1.165, 1.54) is 30.5 Å². The van der Waals surface area contributed by atoms with Gasteiger partial charge in [0.1, 0.15) is 17.3 Å². The molecule has 5 aromatic rings. The lowest BCUT2D eigenvalue weighted by Crippen LogP contribution is -2.07. The van der Waals surface area contributed by atoms with E-state index in [1.54, 1.807) is 30.3 Å². The van der Waals surface area contributed by atoms with E-state index in [2.05, 4.69) is 36.1 Å². The number of anilines is 5. The Labute approximate surface area is 225 Å². The molecule has 5 rings (SSSR count). The third-order valence-corrected chi connectivity index (χ3v) is 5.48. The van der Waals surface area contributed by atoms with Crippen molar-refractivity contribution in [2.24, 2.45) is 5.10 Å². The summed E-state index contributed by atoms with van der Waals surface area (Å²) in [6, 6.07) is 22.8. The second kappa shape index (κ2) is 11.4. The van der Waals surface area contributed by atoms with E-state index in [0.29, 0.717) is 22.8 Å². The molecule has 11 nitrogen and oxygen atoms in total. The molecular formula is C26H18ClFN8O3. The average Bonchev–Trinajstić information content (AvgIpc) is 3.40. The standard InChI is InChI=1S/C26H18ClFN8O3/c27-21-14-16(6-12-22(21)28)23-13-11-20(39-23)15-29-35-26-33-24(30-17-4-2-1-3-5-17)32-25(34-26)31-18-7-9-19(10-8-18)36(37)38/h1-15H,(H3,30,31,32,33,34,35). The molecule has 194 valence electrons. The second-order valence-corrected chi connectivity index (χ2v) is 8.33. The Morgan fingerprint density at radius 2 is 1.54 bits per heavy atom. The number of aromatic nitrogens is 3. The molecule has 0 saturated carbocycles. The van der Waals surface area contributed by atoms with Crippen LogP contribution >= 0.6 is 11.6 Å². The monoisotopic (exact) mass is 544 g/mol. The zero-order valence-electron chi connectivity index (χ0n) is 19.9. The fourth-order valence-corrected chi connectivity index (χ4v) is 3.54. The van der Waals surface area contributed by atoms with E-state index in [1.807, 2.05) is 30.3 Å². The quantitative estimate of drug-likeness (QED) is 0.104. The summed E-state index contributed by atoms with van der Waals surface area (Å²) >= 11 is 5.86. The number of hydrogen-bond donors (Lipinski definition) is 3. The van der Waals surface area contributed by atoms with Crippen molar-refractivity contribution >= 4 is 52.7 Å². The van der Waals surface area contributed by atoms with Crippen molar-refractivity contribution in [2.75, 3.05) is 16.1 Å². The lowest BCUT2D eigenvalue weighted by molar-refractivity contribution is -0.384. The maximum Gasteiger partial charge on any atom is 0.269 e. The topological polar surface area (TPSA) is 143 Å². The van der Waals surface area contributed by atoms with E-state index >= 15 is 0 Å². The van der Waals surface area contributed by atoms with Gasteiger partial charge in [0.2, 0.25) is 17.8 Å². The van der Waals surface area contributed by atoms with Gasteiger partial charge in [-0.1, -0.05) is 29.8 Å². The fourth-order valence-electron chi connectivity index (χ4n) is 3.36. The molecule has 2 heterocycles. The van der Waals surface area contributed by atoms with Gasteiger partial charge < -0.3 is 15.1 Å². The predicted octanol–water partition coefficient (Wildman–Crippen LogP) is 6.77. The summed E-state index contributed by atoms with van der Waals surface area (Å²) in [5.74, 6) is 0.900. The third-order valence-electron chi connectivity index (χ3n) is 5.19. The van der Waals surface area contributed by atoms with Gasteiger partial charge in [0, 0.05) is 29.1 Å². The molecule has 0 spiro atoms. The molecule has 0 unspecified atom stereocenters. The van der Waals surface area contributed by atoms with Crippen LogP contribution in [0.5, 0.6) is 0 Å². The molecule has 39 heavy (non-hydrogen) atoms. The largest absolute Gasteiger partial charge is 0.455 e. The van der Waals surface area contributed by atoms with Crippen LogP contribution in [0.2, 0.25) is 5.02 Å². The number of nitrogens with one attached hydrogen (secondary N) is 3. The van der Waals surface area contributed by atoms with Gasteiger partial charge >= 0.3 is 0 Å². The maximum absolute atomic E-state index is 13.5. The lowest BCUT2D eigenvalue weighted by atomic mass is 10.2.